The molecule has 2 aliphatic rings. The van der Waals surface area contributed by atoms with Crippen LogP contribution in [0.25, 0.3) is 0 Å². The third-order valence-electron chi connectivity index (χ3n) is 3.34. The fourth-order valence-electron chi connectivity index (χ4n) is 2.52. The molecule has 1 unspecified atom stereocenters. The second-order valence-corrected chi connectivity index (χ2v) is 4.32. The number of carbonyl (C=O) groups is 1. The monoisotopic (exact) mass is 199 g/mol. The van der Waals surface area contributed by atoms with Crippen molar-refractivity contribution in [2.75, 3.05) is 6.54 Å². The topological polar surface area (TPSA) is 20.3 Å². The number of amides is 1. The first-order valence-electron chi connectivity index (χ1n) is 5.33. The molecule has 15 heavy (non-hydrogen) atoms. The van der Waals surface area contributed by atoms with E-state index in [1.54, 1.807) is 0 Å². The Bertz CT molecular complexity index is 461. The van der Waals surface area contributed by atoms with Gasteiger partial charge < -0.3 is 4.90 Å². The SMILES string of the molecule is CC1=CCN2C(=O)c3ccccc3C2C1. The molecule has 0 bridgehead atoms. The first-order valence-corrected chi connectivity index (χ1v) is 5.33. The third-order valence-corrected chi connectivity index (χ3v) is 3.34. The number of hydrogen-bond acceptors (Lipinski definition) is 1. The average Bonchev–Trinajstić information content (AvgIpc) is 2.54. The van der Waals surface area contributed by atoms with Crippen molar-refractivity contribution < 1.29 is 4.79 Å². The average molecular weight is 199 g/mol. The van der Waals surface area contributed by atoms with Crippen LogP contribution < -0.4 is 0 Å². The maximum atomic E-state index is 12.0. The lowest BCUT2D eigenvalue weighted by atomic mass is 9.97. The van der Waals surface area contributed by atoms with Crippen molar-refractivity contribution in [1.29, 1.82) is 0 Å². The molecule has 1 atom stereocenters. The van der Waals surface area contributed by atoms with Gasteiger partial charge in [-0.15, -0.1) is 0 Å². The maximum Gasteiger partial charge on any atom is 0.255 e. The minimum Gasteiger partial charge on any atom is -0.328 e. The van der Waals surface area contributed by atoms with Crippen LogP contribution in [0.15, 0.2) is 35.9 Å². The summed E-state index contributed by atoms with van der Waals surface area (Å²) in [5.74, 6) is 0.194. The van der Waals surface area contributed by atoms with Crippen LogP contribution in [-0.2, 0) is 0 Å². The lowest BCUT2D eigenvalue weighted by molar-refractivity contribution is 0.0738. The van der Waals surface area contributed by atoms with Crippen molar-refractivity contribution in [3.05, 3.63) is 47.0 Å². The Kier molecular flexibility index (Phi) is 1.72. The van der Waals surface area contributed by atoms with Gasteiger partial charge in [0.1, 0.15) is 0 Å². The Balaban J connectivity index is 2.11. The molecule has 0 radical (unpaired) electrons. The van der Waals surface area contributed by atoms with Crippen molar-refractivity contribution in [3.8, 4) is 0 Å². The van der Waals surface area contributed by atoms with E-state index in [2.05, 4.69) is 19.1 Å². The Morgan fingerprint density at radius 3 is 3.00 bits per heavy atom. The smallest absolute Gasteiger partial charge is 0.255 e. The van der Waals surface area contributed by atoms with Gasteiger partial charge in [0.25, 0.3) is 5.91 Å². The number of nitrogens with zero attached hydrogens (tertiary/aromatic N) is 1. The van der Waals surface area contributed by atoms with Gasteiger partial charge in [-0.1, -0.05) is 29.8 Å². The second kappa shape index (κ2) is 2.96. The van der Waals surface area contributed by atoms with Gasteiger partial charge in [0, 0.05) is 12.1 Å². The van der Waals surface area contributed by atoms with Crippen LogP contribution in [0.5, 0.6) is 0 Å². The maximum absolute atomic E-state index is 12.0. The van der Waals surface area contributed by atoms with Gasteiger partial charge in [-0.25, -0.2) is 0 Å². The van der Waals surface area contributed by atoms with Gasteiger partial charge in [0.05, 0.1) is 6.04 Å². The molecular formula is C13H13NO. The van der Waals surface area contributed by atoms with Gasteiger partial charge in [-0.3, -0.25) is 4.79 Å². The minimum atomic E-state index is 0.194. The van der Waals surface area contributed by atoms with Crippen LogP contribution in [-0.4, -0.2) is 17.4 Å². The lowest BCUT2D eigenvalue weighted by Crippen LogP contribution is -2.31. The van der Waals surface area contributed by atoms with E-state index in [-0.39, 0.29) is 5.91 Å². The van der Waals surface area contributed by atoms with Crippen LogP contribution in [0.1, 0.15) is 35.3 Å². The van der Waals surface area contributed by atoms with Crippen molar-refractivity contribution in [3.63, 3.8) is 0 Å². The summed E-state index contributed by atoms with van der Waals surface area (Å²) in [6, 6.07) is 8.26. The molecule has 0 aromatic heterocycles. The molecule has 2 heteroatoms. The van der Waals surface area contributed by atoms with Gasteiger partial charge >= 0.3 is 0 Å². The molecule has 3 rings (SSSR count). The lowest BCUT2D eigenvalue weighted by Gasteiger charge is -2.28. The summed E-state index contributed by atoms with van der Waals surface area (Å²) in [6.45, 7) is 2.91. The normalized spacial score (nSPS) is 23.5. The summed E-state index contributed by atoms with van der Waals surface area (Å²) in [6.07, 6.45) is 3.14. The predicted octanol–water partition coefficient (Wildman–Crippen LogP) is 2.53. The zero-order valence-corrected chi connectivity index (χ0v) is 8.73. The van der Waals surface area contributed by atoms with Crippen molar-refractivity contribution in [1.82, 2.24) is 4.90 Å². The highest BCUT2D eigenvalue weighted by Gasteiger charge is 2.37. The predicted molar refractivity (Wildman–Crippen MR) is 58.6 cm³/mol. The highest BCUT2D eigenvalue weighted by atomic mass is 16.2. The number of carbonyl (C=O) groups excluding carboxylic acids is 1. The molecular weight excluding hydrogens is 186 g/mol. The van der Waals surface area contributed by atoms with Crippen molar-refractivity contribution >= 4 is 5.91 Å². The molecule has 0 saturated carbocycles. The minimum absolute atomic E-state index is 0.194. The van der Waals surface area contributed by atoms with E-state index >= 15 is 0 Å². The highest BCUT2D eigenvalue weighted by molar-refractivity contribution is 5.99. The van der Waals surface area contributed by atoms with Gasteiger partial charge in [0.15, 0.2) is 0 Å². The van der Waals surface area contributed by atoms with Crippen molar-refractivity contribution in [2.24, 2.45) is 0 Å². The summed E-state index contributed by atoms with van der Waals surface area (Å²) in [7, 11) is 0. The molecule has 0 fully saturated rings. The fourth-order valence-corrected chi connectivity index (χ4v) is 2.52. The summed E-state index contributed by atoms with van der Waals surface area (Å²) < 4.78 is 0. The standard InChI is InChI=1S/C13H13NO/c1-9-6-7-14-12(8-9)10-4-2-3-5-11(10)13(14)15/h2-6,12H,7-8H2,1H3. The van der Waals surface area contributed by atoms with E-state index in [0.717, 1.165) is 18.5 Å². The van der Waals surface area contributed by atoms with E-state index in [1.807, 2.05) is 23.1 Å². The Morgan fingerprint density at radius 2 is 2.13 bits per heavy atom. The van der Waals surface area contributed by atoms with E-state index in [4.69, 9.17) is 0 Å². The highest BCUT2D eigenvalue weighted by Crippen LogP contribution is 2.39. The summed E-state index contributed by atoms with van der Waals surface area (Å²) in [5, 5.41) is 0. The summed E-state index contributed by atoms with van der Waals surface area (Å²) in [5.41, 5.74) is 3.49. The second-order valence-electron chi connectivity index (χ2n) is 4.32. The number of hydrogen-bond donors (Lipinski definition) is 0. The molecule has 2 nitrogen and oxygen atoms in total. The summed E-state index contributed by atoms with van der Waals surface area (Å²) >= 11 is 0. The molecule has 1 aromatic carbocycles. The Morgan fingerprint density at radius 1 is 1.33 bits per heavy atom. The first kappa shape index (κ1) is 8.72. The fraction of sp³-hybridized carbons (Fsp3) is 0.308. The Labute approximate surface area is 89.2 Å². The Hall–Kier alpha value is -1.57. The molecule has 1 amide bonds. The van der Waals surface area contributed by atoms with Crippen LogP contribution >= 0.6 is 0 Å². The van der Waals surface area contributed by atoms with Crippen molar-refractivity contribution in [2.45, 2.75) is 19.4 Å². The zero-order chi connectivity index (χ0) is 10.4. The molecule has 2 heterocycles. The quantitative estimate of drug-likeness (QED) is 0.588. The van der Waals surface area contributed by atoms with E-state index in [0.29, 0.717) is 6.04 Å². The van der Waals surface area contributed by atoms with Crippen LogP contribution in [0.2, 0.25) is 0 Å². The number of fused-ring (bicyclic) bond motifs is 3. The van der Waals surface area contributed by atoms with E-state index in [1.165, 1.54) is 11.1 Å². The largest absolute Gasteiger partial charge is 0.328 e. The molecule has 2 aliphatic heterocycles. The number of benzene rings is 1. The van der Waals surface area contributed by atoms with Gasteiger partial charge in [-0.2, -0.15) is 0 Å². The van der Waals surface area contributed by atoms with Crippen LogP contribution in [0.4, 0.5) is 0 Å². The molecule has 76 valence electrons. The third kappa shape index (κ3) is 1.14. The first-order chi connectivity index (χ1) is 7.27. The molecule has 1 aromatic rings. The number of rotatable bonds is 0. The summed E-state index contributed by atoms with van der Waals surface area (Å²) in [4.78, 5) is 14.0. The van der Waals surface area contributed by atoms with Gasteiger partial charge in [0.2, 0.25) is 0 Å². The molecule has 0 spiro atoms. The molecule has 0 aliphatic carbocycles. The van der Waals surface area contributed by atoms with E-state index < -0.39 is 0 Å². The molecule has 0 N–H and O–H groups in total. The van der Waals surface area contributed by atoms with Gasteiger partial charge in [-0.05, 0) is 25.0 Å². The van der Waals surface area contributed by atoms with E-state index in [9.17, 15) is 4.79 Å². The van der Waals surface area contributed by atoms with Crippen LogP contribution in [0, 0.1) is 0 Å². The molecule has 0 saturated heterocycles. The van der Waals surface area contributed by atoms with Crippen LogP contribution in [0.3, 0.4) is 0 Å². The zero-order valence-electron chi connectivity index (χ0n) is 8.73.